The smallest absolute Gasteiger partial charge is 0.133 e. The molecule has 0 spiro atoms. The molecule has 5 heteroatoms. The summed E-state index contributed by atoms with van der Waals surface area (Å²) in [7, 11) is 0. The molecule has 17 heavy (non-hydrogen) atoms. The first kappa shape index (κ1) is 10.7. The number of nitrogens with zero attached hydrogens (tertiary/aromatic N) is 3. The lowest BCUT2D eigenvalue weighted by Gasteiger charge is -2.07. The number of hydrogen-bond donors (Lipinski definition) is 1. The summed E-state index contributed by atoms with van der Waals surface area (Å²) in [4.78, 5) is 13.1. The van der Waals surface area contributed by atoms with Gasteiger partial charge in [-0.15, -0.1) is 11.3 Å². The van der Waals surface area contributed by atoms with Crippen LogP contribution in [0.1, 0.15) is 28.4 Å². The van der Waals surface area contributed by atoms with Crippen LogP contribution in [0.5, 0.6) is 0 Å². The molecule has 2 aromatic rings. The molecule has 1 aliphatic rings. The molecule has 4 nitrogen and oxygen atoms in total. The van der Waals surface area contributed by atoms with E-state index in [1.807, 2.05) is 6.92 Å². The Bertz CT molecular complexity index is 535. The van der Waals surface area contributed by atoms with E-state index in [2.05, 4.69) is 25.6 Å². The molecule has 0 saturated heterocycles. The van der Waals surface area contributed by atoms with Gasteiger partial charge in [0.15, 0.2) is 0 Å². The third-order valence-electron chi connectivity index (χ3n) is 2.98. The van der Waals surface area contributed by atoms with E-state index >= 15 is 0 Å². The van der Waals surface area contributed by atoms with Gasteiger partial charge in [-0.2, -0.15) is 0 Å². The van der Waals surface area contributed by atoms with Crippen LogP contribution in [-0.2, 0) is 19.4 Å². The minimum atomic E-state index is 0.744. The summed E-state index contributed by atoms with van der Waals surface area (Å²) < 4.78 is 0. The van der Waals surface area contributed by atoms with E-state index in [4.69, 9.17) is 0 Å². The van der Waals surface area contributed by atoms with Crippen LogP contribution in [0.15, 0.2) is 11.7 Å². The summed E-state index contributed by atoms with van der Waals surface area (Å²) in [5, 5.41) is 6.56. The van der Waals surface area contributed by atoms with Gasteiger partial charge in [-0.3, -0.25) is 0 Å². The van der Waals surface area contributed by atoms with Crippen molar-refractivity contribution in [1.82, 2.24) is 15.0 Å². The van der Waals surface area contributed by atoms with Gasteiger partial charge in [0, 0.05) is 16.6 Å². The molecule has 0 saturated carbocycles. The van der Waals surface area contributed by atoms with Crippen LogP contribution in [0.3, 0.4) is 0 Å². The molecule has 2 heterocycles. The third-order valence-corrected chi connectivity index (χ3v) is 3.80. The Hall–Kier alpha value is -1.49. The highest BCUT2D eigenvalue weighted by molar-refractivity contribution is 7.09. The molecule has 88 valence electrons. The maximum Gasteiger partial charge on any atom is 0.133 e. The summed E-state index contributed by atoms with van der Waals surface area (Å²) in [6, 6.07) is 0. The Morgan fingerprint density at radius 1 is 1.35 bits per heavy atom. The van der Waals surface area contributed by atoms with Crippen LogP contribution >= 0.6 is 11.3 Å². The van der Waals surface area contributed by atoms with E-state index in [9.17, 15) is 0 Å². The normalized spacial score (nSPS) is 13.7. The average Bonchev–Trinajstić information content (AvgIpc) is 2.94. The maximum atomic E-state index is 4.43. The highest BCUT2D eigenvalue weighted by Crippen LogP contribution is 2.25. The largest absolute Gasteiger partial charge is 0.364 e. The average molecular weight is 246 g/mol. The van der Waals surface area contributed by atoms with Crippen molar-refractivity contribution in [2.24, 2.45) is 0 Å². The molecule has 0 radical (unpaired) electrons. The second-order valence-corrected chi connectivity index (χ2v) is 5.27. The summed E-state index contributed by atoms with van der Waals surface area (Å²) in [6.07, 6.45) is 5.02. The fourth-order valence-corrected chi connectivity index (χ4v) is 2.79. The minimum Gasteiger partial charge on any atom is -0.364 e. The summed E-state index contributed by atoms with van der Waals surface area (Å²) in [5.41, 5.74) is 3.58. The van der Waals surface area contributed by atoms with Crippen molar-refractivity contribution >= 4 is 17.2 Å². The number of anilines is 1. The predicted octanol–water partition coefficient (Wildman–Crippen LogP) is 2.34. The number of hydrogen-bond acceptors (Lipinski definition) is 5. The van der Waals surface area contributed by atoms with Gasteiger partial charge >= 0.3 is 0 Å². The van der Waals surface area contributed by atoms with Crippen molar-refractivity contribution in [3.8, 4) is 0 Å². The molecule has 1 aliphatic carbocycles. The monoisotopic (exact) mass is 246 g/mol. The second-order valence-electron chi connectivity index (χ2n) is 4.21. The van der Waals surface area contributed by atoms with Crippen LogP contribution in [0, 0.1) is 6.92 Å². The molecular formula is C12H14N4S. The standard InChI is InChI=1S/C12H14N4S/c1-8-16-9(6-17-8)5-13-12-10-3-2-4-11(10)14-7-15-12/h6-7H,2-5H2,1H3,(H,13,14,15). The summed E-state index contributed by atoms with van der Waals surface area (Å²) >= 11 is 1.68. The van der Waals surface area contributed by atoms with E-state index in [0.717, 1.165) is 35.9 Å². The molecule has 0 unspecified atom stereocenters. The van der Waals surface area contributed by atoms with Crippen LogP contribution < -0.4 is 5.32 Å². The topological polar surface area (TPSA) is 50.7 Å². The molecule has 0 aliphatic heterocycles. The van der Waals surface area contributed by atoms with Crippen molar-refractivity contribution in [3.63, 3.8) is 0 Å². The van der Waals surface area contributed by atoms with E-state index in [-0.39, 0.29) is 0 Å². The summed E-state index contributed by atoms with van der Waals surface area (Å²) in [6.45, 7) is 2.77. The zero-order chi connectivity index (χ0) is 11.7. The molecule has 0 bridgehead atoms. The molecule has 0 amide bonds. The van der Waals surface area contributed by atoms with Gasteiger partial charge in [0.2, 0.25) is 0 Å². The lowest BCUT2D eigenvalue weighted by Crippen LogP contribution is -2.05. The molecule has 3 rings (SSSR count). The van der Waals surface area contributed by atoms with Gasteiger partial charge in [0.05, 0.1) is 17.2 Å². The van der Waals surface area contributed by atoms with E-state index < -0.39 is 0 Å². The SMILES string of the molecule is Cc1nc(CNc2ncnc3c2CCC3)cs1. The van der Waals surface area contributed by atoms with Crippen LogP contribution in [-0.4, -0.2) is 15.0 Å². The van der Waals surface area contributed by atoms with Crippen molar-refractivity contribution < 1.29 is 0 Å². The zero-order valence-corrected chi connectivity index (χ0v) is 10.5. The van der Waals surface area contributed by atoms with Gasteiger partial charge in [0.1, 0.15) is 12.1 Å². The Labute approximate surface area is 104 Å². The first-order valence-electron chi connectivity index (χ1n) is 5.80. The molecule has 2 aromatic heterocycles. The highest BCUT2D eigenvalue weighted by atomic mass is 32.1. The number of aryl methyl sites for hydroxylation is 2. The first-order chi connectivity index (χ1) is 8.33. The van der Waals surface area contributed by atoms with Gasteiger partial charge in [-0.1, -0.05) is 0 Å². The van der Waals surface area contributed by atoms with Crippen molar-refractivity contribution in [2.45, 2.75) is 32.7 Å². The van der Waals surface area contributed by atoms with Crippen molar-refractivity contribution in [1.29, 1.82) is 0 Å². The number of thiazole rings is 1. The third kappa shape index (κ3) is 2.15. The summed E-state index contributed by atoms with van der Waals surface area (Å²) in [5.74, 6) is 0.984. The first-order valence-corrected chi connectivity index (χ1v) is 6.68. The van der Waals surface area contributed by atoms with Crippen molar-refractivity contribution in [2.75, 3.05) is 5.32 Å². The second kappa shape index (κ2) is 4.41. The van der Waals surface area contributed by atoms with E-state index in [0.29, 0.717) is 0 Å². The Kier molecular flexibility index (Phi) is 2.76. The Balaban J connectivity index is 1.75. The predicted molar refractivity (Wildman–Crippen MR) is 68.2 cm³/mol. The zero-order valence-electron chi connectivity index (χ0n) is 9.73. The minimum absolute atomic E-state index is 0.744. The Morgan fingerprint density at radius 3 is 3.12 bits per heavy atom. The van der Waals surface area contributed by atoms with E-state index in [1.165, 1.54) is 17.7 Å². The number of nitrogens with one attached hydrogen (secondary N) is 1. The van der Waals surface area contributed by atoms with Crippen LogP contribution in [0.4, 0.5) is 5.82 Å². The number of fused-ring (bicyclic) bond motifs is 1. The quantitative estimate of drug-likeness (QED) is 0.903. The van der Waals surface area contributed by atoms with Crippen LogP contribution in [0.25, 0.3) is 0 Å². The maximum absolute atomic E-state index is 4.43. The van der Waals surface area contributed by atoms with Crippen LogP contribution in [0.2, 0.25) is 0 Å². The van der Waals surface area contributed by atoms with Crippen molar-refractivity contribution in [3.05, 3.63) is 33.7 Å². The molecule has 1 N–H and O–H groups in total. The van der Waals surface area contributed by atoms with Gasteiger partial charge in [-0.05, 0) is 26.2 Å². The molecular weight excluding hydrogens is 232 g/mol. The lowest BCUT2D eigenvalue weighted by atomic mass is 10.2. The fourth-order valence-electron chi connectivity index (χ4n) is 2.18. The van der Waals surface area contributed by atoms with E-state index in [1.54, 1.807) is 17.7 Å². The molecule has 0 fully saturated rings. The number of aromatic nitrogens is 3. The van der Waals surface area contributed by atoms with Gasteiger partial charge in [-0.25, -0.2) is 15.0 Å². The Morgan fingerprint density at radius 2 is 2.29 bits per heavy atom. The highest BCUT2D eigenvalue weighted by Gasteiger charge is 2.16. The number of rotatable bonds is 3. The van der Waals surface area contributed by atoms with Gasteiger partial charge in [0.25, 0.3) is 0 Å². The molecule has 0 aromatic carbocycles. The fraction of sp³-hybridized carbons (Fsp3) is 0.417. The van der Waals surface area contributed by atoms with Gasteiger partial charge < -0.3 is 5.32 Å². The molecule has 0 atom stereocenters. The lowest BCUT2D eigenvalue weighted by molar-refractivity contribution is 0.899.